The normalized spacial score (nSPS) is 12.1. The van der Waals surface area contributed by atoms with Gasteiger partial charge in [-0.1, -0.05) is 29.8 Å². The van der Waals surface area contributed by atoms with E-state index in [4.69, 9.17) is 11.6 Å². The number of nitrogens with zero attached hydrogens (tertiary/aromatic N) is 1. The number of aromatic nitrogens is 1. The summed E-state index contributed by atoms with van der Waals surface area (Å²) in [5.74, 6) is 0. The second-order valence-corrected chi connectivity index (χ2v) is 5.46. The molecule has 3 rings (SSSR count). The molecule has 116 valence electrons. The number of H-pyrrole nitrogens is 1. The van der Waals surface area contributed by atoms with Crippen LogP contribution in [0.1, 0.15) is 17.2 Å². The number of benzene rings is 2. The van der Waals surface area contributed by atoms with E-state index in [1.807, 2.05) is 18.2 Å². The number of aliphatic hydroxyl groups is 1. The zero-order chi connectivity index (χ0) is 16.4. The molecule has 0 saturated carbocycles. The van der Waals surface area contributed by atoms with Gasteiger partial charge in [0.05, 0.1) is 4.92 Å². The third-order valence-corrected chi connectivity index (χ3v) is 3.99. The Morgan fingerprint density at radius 2 is 1.74 bits per heavy atom. The Balaban J connectivity index is 1.98. The molecule has 6 heteroatoms. The molecule has 0 fully saturated rings. The van der Waals surface area contributed by atoms with Crippen molar-refractivity contribution in [2.45, 2.75) is 6.10 Å². The summed E-state index contributed by atoms with van der Waals surface area (Å²) < 4.78 is 0. The summed E-state index contributed by atoms with van der Waals surface area (Å²) >= 11 is 6.22. The maximum absolute atomic E-state index is 10.7. The lowest BCUT2D eigenvalue weighted by Gasteiger charge is -2.13. The van der Waals surface area contributed by atoms with Crippen LogP contribution in [-0.4, -0.2) is 15.0 Å². The van der Waals surface area contributed by atoms with Crippen molar-refractivity contribution in [3.05, 3.63) is 87.2 Å². The highest BCUT2D eigenvalue weighted by Crippen LogP contribution is 2.35. The molecule has 2 aromatic carbocycles. The number of nitro benzene ring substituents is 1. The number of nitrogens with one attached hydrogen (secondary N) is 1. The Hall–Kier alpha value is -2.63. The largest absolute Gasteiger partial charge is 0.384 e. The SMILES string of the molecule is O=[N+]([O-])c1ccc([C@@H](O)c2c[nH]cc2-c2ccccc2Cl)cc1. The van der Waals surface area contributed by atoms with Gasteiger partial charge in [-0.05, 0) is 23.8 Å². The Labute approximate surface area is 137 Å². The molecule has 0 aliphatic rings. The molecule has 0 unspecified atom stereocenters. The molecule has 0 spiro atoms. The first-order valence-electron chi connectivity index (χ1n) is 6.92. The van der Waals surface area contributed by atoms with Crippen LogP contribution in [0.15, 0.2) is 60.9 Å². The maximum atomic E-state index is 10.7. The topological polar surface area (TPSA) is 79.2 Å². The highest BCUT2D eigenvalue weighted by molar-refractivity contribution is 6.33. The van der Waals surface area contributed by atoms with Gasteiger partial charge in [0.25, 0.3) is 5.69 Å². The van der Waals surface area contributed by atoms with Crippen molar-refractivity contribution in [3.8, 4) is 11.1 Å². The zero-order valence-corrected chi connectivity index (χ0v) is 12.7. The molecular weight excluding hydrogens is 316 g/mol. The Morgan fingerprint density at radius 3 is 2.39 bits per heavy atom. The number of aromatic amines is 1. The predicted octanol–water partition coefficient (Wildman–Crippen LogP) is 4.33. The van der Waals surface area contributed by atoms with E-state index in [0.29, 0.717) is 16.1 Å². The third-order valence-electron chi connectivity index (χ3n) is 3.66. The number of rotatable bonds is 4. The Bertz CT molecular complexity index is 843. The molecule has 0 radical (unpaired) electrons. The summed E-state index contributed by atoms with van der Waals surface area (Å²) in [4.78, 5) is 13.2. The van der Waals surface area contributed by atoms with Crippen molar-refractivity contribution in [3.63, 3.8) is 0 Å². The zero-order valence-electron chi connectivity index (χ0n) is 11.9. The lowest BCUT2D eigenvalue weighted by molar-refractivity contribution is -0.384. The third kappa shape index (κ3) is 2.97. The van der Waals surface area contributed by atoms with E-state index in [1.54, 1.807) is 30.6 Å². The van der Waals surface area contributed by atoms with Crippen molar-refractivity contribution < 1.29 is 10.0 Å². The van der Waals surface area contributed by atoms with Crippen molar-refractivity contribution in [1.29, 1.82) is 0 Å². The summed E-state index contributed by atoms with van der Waals surface area (Å²) in [5.41, 5.74) is 2.82. The van der Waals surface area contributed by atoms with Crippen molar-refractivity contribution in [2.24, 2.45) is 0 Å². The van der Waals surface area contributed by atoms with E-state index in [9.17, 15) is 15.2 Å². The molecule has 0 amide bonds. The fraction of sp³-hybridized carbons (Fsp3) is 0.0588. The van der Waals surface area contributed by atoms with Gasteiger partial charge in [-0.15, -0.1) is 0 Å². The van der Waals surface area contributed by atoms with Gasteiger partial charge in [0, 0.05) is 46.2 Å². The molecule has 1 heterocycles. The summed E-state index contributed by atoms with van der Waals surface area (Å²) in [7, 11) is 0. The lowest BCUT2D eigenvalue weighted by Crippen LogP contribution is -2.00. The van der Waals surface area contributed by atoms with Crippen molar-refractivity contribution >= 4 is 17.3 Å². The summed E-state index contributed by atoms with van der Waals surface area (Å²) in [6.07, 6.45) is 2.56. The Kier molecular flexibility index (Phi) is 4.14. The van der Waals surface area contributed by atoms with E-state index in [2.05, 4.69) is 4.98 Å². The lowest BCUT2D eigenvalue weighted by atomic mass is 9.96. The van der Waals surface area contributed by atoms with Crippen LogP contribution in [0.5, 0.6) is 0 Å². The summed E-state index contributed by atoms with van der Waals surface area (Å²) in [6.45, 7) is 0. The van der Waals surface area contributed by atoms with Crippen LogP contribution in [0.25, 0.3) is 11.1 Å². The number of aliphatic hydroxyl groups excluding tert-OH is 1. The Morgan fingerprint density at radius 1 is 1.04 bits per heavy atom. The van der Waals surface area contributed by atoms with E-state index in [1.165, 1.54) is 12.1 Å². The number of halogens is 1. The molecule has 0 saturated heterocycles. The quantitative estimate of drug-likeness (QED) is 0.552. The summed E-state index contributed by atoms with van der Waals surface area (Å²) in [5, 5.41) is 21.9. The van der Waals surface area contributed by atoms with Gasteiger partial charge in [0.15, 0.2) is 0 Å². The minimum Gasteiger partial charge on any atom is -0.384 e. The predicted molar refractivity (Wildman–Crippen MR) is 88.4 cm³/mol. The van der Waals surface area contributed by atoms with Gasteiger partial charge in [-0.25, -0.2) is 0 Å². The molecule has 0 bridgehead atoms. The molecule has 0 aliphatic carbocycles. The number of nitro groups is 1. The average molecular weight is 329 g/mol. The first-order chi connectivity index (χ1) is 11.1. The molecule has 0 aliphatic heterocycles. The first-order valence-corrected chi connectivity index (χ1v) is 7.29. The molecule has 1 aromatic heterocycles. The van der Waals surface area contributed by atoms with E-state index < -0.39 is 11.0 Å². The molecule has 3 aromatic rings. The molecule has 5 nitrogen and oxygen atoms in total. The smallest absolute Gasteiger partial charge is 0.269 e. The van der Waals surface area contributed by atoms with Crippen LogP contribution in [-0.2, 0) is 0 Å². The number of hydrogen-bond acceptors (Lipinski definition) is 3. The van der Waals surface area contributed by atoms with Crippen LogP contribution in [0.4, 0.5) is 5.69 Å². The highest BCUT2D eigenvalue weighted by Gasteiger charge is 2.18. The van der Waals surface area contributed by atoms with Crippen LogP contribution >= 0.6 is 11.6 Å². The van der Waals surface area contributed by atoms with Gasteiger partial charge >= 0.3 is 0 Å². The minimum atomic E-state index is -0.909. The van der Waals surface area contributed by atoms with Crippen LogP contribution in [0, 0.1) is 10.1 Å². The molecule has 23 heavy (non-hydrogen) atoms. The maximum Gasteiger partial charge on any atom is 0.269 e. The highest BCUT2D eigenvalue weighted by atomic mass is 35.5. The first kappa shape index (κ1) is 15.3. The number of non-ortho nitro benzene ring substituents is 1. The average Bonchev–Trinajstić information content (AvgIpc) is 3.04. The monoisotopic (exact) mass is 328 g/mol. The second kappa shape index (κ2) is 6.24. The van der Waals surface area contributed by atoms with Gasteiger partial charge in [0.1, 0.15) is 6.10 Å². The van der Waals surface area contributed by atoms with Gasteiger partial charge in [-0.2, -0.15) is 0 Å². The molecule has 1 atom stereocenters. The molecular formula is C17H13ClN2O3. The van der Waals surface area contributed by atoms with Gasteiger partial charge in [-0.3, -0.25) is 10.1 Å². The fourth-order valence-corrected chi connectivity index (χ4v) is 2.71. The standard InChI is InChI=1S/C17H13ClN2O3/c18-16-4-2-1-3-13(16)14-9-19-10-15(14)17(21)11-5-7-12(8-6-11)20(22)23/h1-10,17,19,21H/t17-/m1/s1. The van der Waals surface area contributed by atoms with Gasteiger partial charge < -0.3 is 10.1 Å². The van der Waals surface area contributed by atoms with Gasteiger partial charge in [0.2, 0.25) is 0 Å². The van der Waals surface area contributed by atoms with Crippen LogP contribution < -0.4 is 0 Å². The van der Waals surface area contributed by atoms with E-state index >= 15 is 0 Å². The van der Waals surface area contributed by atoms with E-state index in [-0.39, 0.29) is 5.69 Å². The molecule has 2 N–H and O–H groups in total. The minimum absolute atomic E-state index is 0.0126. The van der Waals surface area contributed by atoms with E-state index in [0.717, 1.165) is 11.1 Å². The second-order valence-electron chi connectivity index (χ2n) is 5.06. The van der Waals surface area contributed by atoms with Crippen LogP contribution in [0.2, 0.25) is 5.02 Å². The summed E-state index contributed by atoms with van der Waals surface area (Å²) in [6, 6.07) is 13.2. The van der Waals surface area contributed by atoms with Crippen molar-refractivity contribution in [2.75, 3.05) is 0 Å². The fourth-order valence-electron chi connectivity index (χ4n) is 2.47. The van der Waals surface area contributed by atoms with Crippen LogP contribution in [0.3, 0.4) is 0 Å². The number of hydrogen-bond donors (Lipinski definition) is 2. The van der Waals surface area contributed by atoms with Crippen molar-refractivity contribution in [1.82, 2.24) is 4.98 Å².